The van der Waals surface area contributed by atoms with E-state index in [9.17, 15) is 14.2 Å². The van der Waals surface area contributed by atoms with Crippen LogP contribution >= 0.6 is 19.3 Å². The Morgan fingerprint density at radius 1 is 1.33 bits per heavy atom. The molecule has 2 aromatic rings. The van der Waals surface area contributed by atoms with E-state index < -0.39 is 61.5 Å². The van der Waals surface area contributed by atoms with E-state index in [0.29, 0.717) is 0 Å². The van der Waals surface area contributed by atoms with Crippen LogP contribution in [0.4, 0.5) is 10.2 Å². The monoisotopic (exact) mass is 546 g/mol. The van der Waals surface area contributed by atoms with Crippen LogP contribution in [0.3, 0.4) is 0 Å². The first-order valence-corrected chi connectivity index (χ1v) is 13.1. The van der Waals surface area contributed by atoms with E-state index in [0.717, 1.165) is 4.57 Å². The molecule has 1 aliphatic rings. The van der Waals surface area contributed by atoms with Gasteiger partial charge in [0.2, 0.25) is 5.13 Å². The van der Waals surface area contributed by atoms with Gasteiger partial charge in [-0.3, -0.25) is 13.9 Å². The van der Waals surface area contributed by atoms with Crippen molar-refractivity contribution in [3.63, 3.8) is 0 Å². The van der Waals surface area contributed by atoms with E-state index in [-0.39, 0.29) is 11.6 Å². The van der Waals surface area contributed by atoms with E-state index in [2.05, 4.69) is 10.1 Å². The van der Waals surface area contributed by atoms with Crippen LogP contribution < -0.4 is 21.0 Å². The standard InChI is InChI=1S/C22H29ClFN4O7P/c1-13(2)33-19(29)15(4)27-36(31,35-16-8-6-5-7-9-16)32-12-17-14(3)22(23,24)20(34-17)28-11-10-18(25)26-21(28)30/h5-11,13-15,17,20H,12H2,1-4H3,(H,27,31)(H2,25,26,30)/t14?,15-,17?,20?,22?,36?/m0/s1. The number of nitrogens with one attached hydrogen (secondary N) is 1. The van der Waals surface area contributed by atoms with Gasteiger partial charge in [-0.05, 0) is 39.0 Å². The number of carbonyl (C=O) groups is 1. The Labute approximate surface area is 212 Å². The zero-order valence-electron chi connectivity index (χ0n) is 20.2. The largest absolute Gasteiger partial charge is 0.462 e. The van der Waals surface area contributed by atoms with Gasteiger partial charge < -0.3 is 19.7 Å². The molecule has 0 amide bonds. The minimum absolute atomic E-state index is 0.0450. The zero-order valence-corrected chi connectivity index (χ0v) is 21.8. The molecule has 5 unspecified atom stereocenters. The van der Waals surface area contributed by atoms with Crippen LogP contribution in [0.5, 0.6) is 5.75 Å². The fourth-order valence-corrected chi connectivity index (χ4v) is 5.19. The number of para-hydroxylation sites is 1. The first-order valence-electron chi connectivity index (χ1n) is 11.2. The normalized spacial score (nSPS) is 26.4. The summed E-state index contributed by atoms with van der Waals surface area (Å²) in [4.78, 5) is 28.1. The second-order valence-corrected chi connectivity index (χ2v) is 10.8. The van der Waals surface area contributed by atoms with Crippen molar-refractivity contribution < 1.29 is 32.3 Å². The number of aromatic nitrogens is 2. The molecule has 1 aromatic heterocycles. The van der Waals surface area contributed by atoms with Gasteiger partial charge >= 0.3 is 19.4 Å². The van der Waals surface area contributed by atoms with Gasteiger partial charge in [-0.25, -0.2) is 13.8 Å². The van der Waals surface area contributed by atoms with E-state index in [1.807, 2.05) is 0 Å². The predicted octanol–water partition coefficient (Wildman–Crippen LogP) is 3.40. The maximum Gasteiger partial charge on any atom is 0.459 e. The molecule has 1 saturated heterocycles. The summed E-state index contributed by atoms with van der Waals surface area (Å²) in [5, 5.41) is 0.0138. The van der Waals surface area contributed by atoms with Crippen LogP contribution in [0, 0.1) is 5.92 Å². The number of ether oxygens (including phenoxy) is 2. The topological polar surface area (TPSA) is 144 Å². The maximum atomic E-state index is 15.5. The lowest BCUT2D eigenvalue weighted by Gasteiger charge is -2.25. The van der Waals surface area contributed by atoms with Crippen molar-refractivity contribution in [1.29, 1.82) is 0 Å². The fourth-order valence-electron chi connectivity index (χ4n) is 3.39. The number of hydrogen-bond acceptors (Lipinski definition) is 9. The SMILES string of the molecule is CC(C)OC(=O)[C@H](C)NP(=O)(OCC1OC(n2ccc(N)nc2=O)C(F)(Cl)C1C)Oc1ccccc1. The summed E-state index contributed by atoms with van der Waals surface area (Å²) in [6.07, 6.45) is -1.77. The molecule has 1 fully saturated rings. The van der Waals surface area contributed by atoms with E-state index in [4.69, 9.17) is 35.9 Å². The molecular weight excluding hydrogens is 518 g/mol. The quantitative estimate of drug-likeness (QED) is 0.258. The average Bonchev–Trinajstić information content (AvgIpc) is 3.01. The molecule has 0 aliphatic carbocycles. The fraction of sp³-hybridized carbons (Fsp3) is 0.500. The molecule has 0 spiro atoms. The summed E-state index contributed by atoms with van der Waals surface area (Å²) < 4.78 is 52.0. The second-order valence-electron chi connectivity index (χ2n) is 8.57. The number of nitrogen functional groups attached to an aromatic ring is 1. The highest BCUT2D eigenvalue weighted by atomic mass is 35.5. The van der Waals surface area contributed by atoms with Crippen molar-refractivity contribution in [2.24, 2.45) is 5.92 Å². The van der Waals surface area contributed by atoms with Gasteiger partial charge in [-0.15, -0.1) is 0 Å². The highest BCUT2D eigenvalue weighted by Crippen LogP contribution is 2.50. The molecule has 36 heavy (non-hydrogen) atoms. The summed E-state index contributed by atoms with van der Waals surface area (Å²) in [6.45, 7) is 5.79. The molecule has 3 N–H and O–H groups in total. The summed E-state index contributed by atoms with van der Waals surface area (Å²) in [6, 6.07) is 8.38. The molecule has 2 heterocycles. The Morgan fingerprint density at radius 2 is 2.00 bits per heavy atom. The predicted molar refractivity (Wildman–Crippen MR) is 130 cm³/mol. The lowest BCUT2D eigenvalue weighted by Crippen LogP contribution is -2.37. The van der Waals surface area contributed by atoms with Crippen molar-refractivity contribution in [3.05, 3.63) is 53.1 Å². The molecule has 0 radical (unpaired) electrons. The number of nitrogens with two attached hydrogens (primary N) is 1. The molecule has 1 aliphatic heterocycles. The minimum Gasteiger partial charge on any atom is -0.462 e. The minimum atomic E-state index is -4.22. The third-order valence-electron chi connectivity index (χ3n) is 5.34. The van der Waals surface area contributed by atoms with Crippen LogP contribution in [-0.4, -0.2) is 45.5 Å². The number of benzene rings is 1. The summed E-state index contributed by atoms with van der Waals surface area (Å²) in [5.74, 6) is -1.53. The number of anilines is 1. The zero-order chi connectivity index (χ0) is 26.7. The summed E-state index contributed by atoms with van der Waals surface area (Å²) >= 11 is 6.14. The highest BCUT2D eigenvalue weighted by Gasteiger charge is 2.56. The van der Waals surface area contributed by atoms with Crippen molar-refractivity contribution in [1.82, 2.24) is 14.6 Å². The van der Waals surface area contributed by atoms with Crippen LogP contribution in [-0.2, 0) is 23.4 Å². The molecule has 3 rings (SSSR count). The van der Waals surface area contributed by atoms with Gasteiger partial charge in [-0.1, -0.05) is 36.7 Å². The van der Waals surface area contributed by atoms with E-state index in [1.54, 1.807) is 44.2 Å². The molecule has 11 nitrogen and oxygen atoms in total. The first kappa shape index (κ1) is 28.1. The number of nitrogens with zero attached hydrogens (tertiary/aromatic N) is 2. The third kappa shape index (κ3) is 6.63. The molecule has 1 aromatic carbocycles. The maximum absolute atomic E-state index is 15.5. The van der Waals surface area contributed by atoms with E-state index >= 15 is 4.39 Å². The number of halogens is 2. The lowest BCUT2D eigenvalue weighted by atomic mass is 10.0. The number of rotatable bonds is 10. The van der Waals surface area contributed by atoms with Gasteiger partial charge in [0.25, 0.3) is 0 Å². The number of alkyl halides is 2. The van der Waals surface area contributed by atoms with Crippen molar-refractivity contribution in [2.75, 3.05) is 12.3 Å². The molecular formula is C22H29ClFN4O7P. The van der Waals surface area contributed by atoms with Crippen LogP contribution in [0.1, 0.15) is 33.9 Å². The first-order chi connectivity index (χ1) is 16.8. The highest BCUT2D eigenvalue weighted by molar-refractivity contribution is 7.52. The summed E-state index contributed by atoms with van der Waals surface area (Å²) in [7, 11) is -4.22. The Kier molecular flexibility index (Phi) is 8.79. The van der Waals surface area contributed by atoms with Crippen LogP contribution in [0.15, 0.2) is 47.4 Å². The Hall–Kier alpha value is -2.50. The van der Waals surface area contributed by atoms with Gasteiger partial charge in [0.15, 0.2) is 6.23 Å². The second kappa shape index (κ2) is 11.3. The molecule has 0 saturated carbocycles. The molecule has 198 valence electrons. The van der Waals surface area contributed by atoms with Crippen LogP contribution in [0.25, 0.3) is 0 Å². The van der Waals surface area contributed by atoms with Gasteiger partial charge in [-0.2, -0.15) is 10.1 Å². The number of hydrogen-bond donors (Lipinski definition) is 2. The average molecular weight is 547 g/mol. The van der Waals surface area contributed by atoms with E-state index in [1.165, 1.54) is 26.1 Å². The van der Waals surface area contributed by atoms with Crippen molar-refractivity contribution >= 4 is 31.1 Å². The Morgan fingerprint density at radius 3 is 2.61 bits per heavy atom. The Balaban J connectivity index is 1.79. The van der Waals surface area contributed by atoms with Crippen molar-refractivity contribution in [2.45, 2.75) is 57.3 Å². The van der Waals surface area contributed by atoms with Gasteiger partial charge in [0.1, 0.15) is 17.6 Å². The summed E-state index contributed by atoms with van der Waals surface area (Å²) in [5.41, 5.74) is 4.64. The Bertz CT molecular complexity index is 1170. The molecule has 0 bridgehead atoms. The van der Waals surface area contributed by atoms with Gasteiger partial charge in [0.05, 0.1) is 18.8 Å². The van der Waals surface area contributed by atoms with Crippen molar-refractivity contribution in [3.8, 4) is 5.75 Å². The number of esters is 1. The number of carbonyl (C=O) groups excluding carboxylic acids is 1. The third-order valence-corrected chi connectivity index (χ3v) is 7.51. The van der Waals surface area contributed by atoms with Gasteiger partial charge in [0, 0.05) is 12.1 Å². The smallest absolute Gasteiger partial charge is 0.459 e. The lowest BCUT2D eigenvalue weighted by molar-refractivity contribution is -0.149. The molecule has 14 heteroatoms. The molecule has 6 atom stereocenters. The van der Waals surface area contributed by atoms with Crippen LogP contribution in [0.2, 0.25) is 0 Å².